The van der Waals surface area contributed by atoms with Gasteiger partial charge in [0.1, 0.15) is 23.6 Å². The van der Waals surface area contributed by atoms with Crippen molar-refractivity contribution < 1.29 is 23.8 Å². The first kappa shape index (κ1) is 22.9. The molecule has 2 aromatic heterocycles. The molecular weight excluding hydrogens is 462 g/mol. The van der Waals surface area contributed by atoms with E-state index in [-0.39, 0.29) is 0 Å². The highest BCUT2D eigenvalue weighted by molar-refractivity contribution is 7.14. The van der Waals surface area contributed by atoms with E-state index in [1.165, 1.54) is 11.3 Å². The van der Waals surface area contributed by atoms with E-state index in [4.69, 9.17) is 14.2 Å². The van der Waals surface area contributed by atoms with Crippen molar-refractivity contribution >= 4 is 39.2 Å². The number of hydrogen-bond acceptors (Lipinski definition) is 10. The standard InChI is InChI=1S/C22H19N5O6S/c1-31-13-7-8-18(32-2)15(9-13)17-12-34-22(23-17)24-19(28)11-33-20(29)10-27-21(30)14-5-3-4-6-16(14)25-26-27/h3-9,12H,10-11H2,1-2H3,(H,23,24,28). The number of ether oxygens (including phenoxy) is 3. The molecule has 0 bridgehead atoms. The van der Waals surface area contributed by atoms with E-state index in [9.17, 15) is 14.4 Å². The first-order valence-corrected chi connectivity index (χ1v) is 10.8. The zero-order chi connectivity index (χ0) is 24.1. The van der Waals surface area contributed by atoms with Crippen molar-refractivity contribution in [2.45, 2.75) is 6.54 Å². The number of thiazole rings is 1. The van der Waals surface area contributed by atoms with Crippen LogP contribution in [0.5, 0.6) is 11.5 Å². The third kappa shape index (κ3) is 5.02. The van der Waals surface area contributed by atoms with Crippen LogP contribution in [0, 0.1) is 0 Å². The van der Waals surface area contributed by atoms with Crippen LogP contribution in [0.3, 0.4) is 0 Å². The number of methoxy groups -OCH3 is 2. The summed E-state index contributed by atoms with van der Waals surface area (Å²) in [6, 6.07) is 12.0. The number of carbonyl (C=O) groups excluding carboxylic acids is 2. The van der Waals surface area contributed by atoms with E-state index in [0.717, 1.165) is 4.68 Å². The van der Waals surface area contributed by atoms with Gasteiger partial charge in [-0.25, -0.2) is 4.98 Å². The molecule has 0 atom stereocenters. The van der Waals surface area contributed by atoms with Crippen LogP contribution in [0.2, 0.25) is 0 Å². The lowest BCUT2D eigenvalue weighted by Gasteiger charge is -2.08. The van der Waals surface area contributed by atoms with Crippen LogP contribution in [0.1, 0.15) is 0 Å². The maximum absolute atomic E-state index is 12.4. The van der Waals surface area contributed by atoms with Gasteiger partial charge in [0.15, 0.2) is 11.7 Å². The molecule has 4 aromatic rings. The minimum Gasteiger partial charge on any atom is -0.497 e. The number of hydrogen-bond donors (Lipinski definition) is 1. The van der Waals surface area contributed by atoms with Crippen molar-refractivity contribution in [3.63, 3.8) is 0 Å². The van der Waals surface area contributed by atoms with Gasteiger partial charge in [-0.3, -0.25) is 19.7 Å². The molecule has 0 aliphatic carbocycles. The lowest BCUT2D eigenvalue weighted by atomic mass is 10.1. The van der Waals surface area contributed by atoms with Gasteiger partial charge in [0.25, 0.3) is 11.5 Å². The van der Waals surface area contributed by atoms with Gasteiger partial charge in [-0.2, -0.15) is 4.68 Å². The van der Waals surface area contributed by atoms with Gasteiger partial charge in [-0.1, -0.05) is 17.3 Å². The van der Waals surface area contributed by atoms with Gasteiger partial charge >= 0.3 is 5.97 Å². The summed E-state index contributed by atoms with van der Waals surface area (Å²) in [5, 5.41) is 12.6. The van der Waals surface area contributed by atoms with Crippen molar-refractivity contribution in [2.75, 3.05) is 26.1 Å². The number of carbonyl (C=O) groups is 2. The number of benzene rings is 2. The number of rotatable bonds is 8. The van der Waals surface area contributed by atoms with Gasteiger partial charge in [-0.05, 0) is 30.3 Å². The smallest absolute Gasteiger partial charge is 0.328 e. The number of anilines is 1. The van der Waals surface area contributed by atoms with Crippen LogP contribution >= 0.6 is 11.3 Å². The molecule has 12 heteroatoms. The Bertz CT molecular complexity index is 1420. The zero-order valence-electron chi connectivity index (χ0n) is 18.2. The summed E-state index contributed by atoms with van der Waals surface area (Å²) in [7, 11) is 3.11. The summed E-state index contributed by atoms with van der Waals surface area (Å²) >= 11 is 1.20. The van der Waals surface area contributed by atoms with Gasteiger partial charge in [0.2, 0.25) is 0 Å². The molecule has 174 valence electrons. The normalized spacial score (nSPS) is 10.6. The molecule has 0 fully saturated rings. The topological polar surface area (TPSA) is 135 Å². The average molecular weight is 481 g/mol. The van der Waals surface area contributed by atoms with Gasteiger partial charge in [0.05, 0.1) is 25.3 Å². The van der Waals surface area contributed by atoms with Crippen LogP contribution in [-0.4, -0.2) is 52.7 Å². The Kier molecular flexibility index (Phi) is 6.78. The average Bonchev–Trinajstić information content (AvgIpc) is 3.32. The molecule has 1 N–H and O–H groups in total. The van der Waals surface area contributed by atoms with Crippen LogP contribution in [-0.2, 0) is 20.9 Å². The first-order valence-electron chi connectivity index (χ1n) is 9.94. The molecule has 0 aliphatic rings. The van der Waals surface area contributed by atoms with Gasteiger partial charge in [0, 0.05) is 10.9 Å². The number of nitrogens with one attached hydrogen (secondary N) is 1. The fourth-order valence-corrected chi connectivity index (χ4v) is 3.79. The zero-order valence-corrected chi connectivity index (χ0v) is 19.0. The fourth-order valence-electron chi connectivity index (χ4n) is 3.07. The minimum absolute atomic E-state index is 0.317. The highest BCUT2D eigenvalue weighted by Gasteiger charge is 2.15. The van der Waals surface area contributed by atoms with E-state index in [1.807, 2.05) is 0 Å². The molecule has 0 aliphatic heterocycles. The quantitative estimate of drug-likeness (QED) is 0.375. The van der Waals surface area contributed by atoms with Crippen molar-refractivity contribution in [1.82, 2.24) is 20.0 Å². The number of esters is 1. The monoisotopic (exact) mass is 481 g/mol. The summed E-state index contributed by atoms with van der Waals surface area (Å²) in [6.45, 7) is -1.02. The Labute approximate surface area is 196 Å². The lowest BCUT2D eigenvalue weighted by molar-refractivity contribution is -0.148. The van der Waals surface area contributed by atoms with Crippen LogP contribution in [0.4, 0.5) is 5.13 Å². The van der Waals surface area contributed by atoms with E-state index in [0.29, 0.717) is 38.8 Å². The number of fused-ring (bicyclic) bond motifs is 1. The molecule has 0 spiro atoms. The largest absolute Gasteiger partial charge is 0.497 e. The van der Waals surface area contributed by atoms with Crippen LogP contribution in [0.25, 0.3) is 22.2 Å². The Morgan fingerprint density at radius 2 is 1.94 bits per heavy atom. The molecule has 2 aromatic carbocycles. The lowest BCUT2D eigenvalue weighted by Crippen LogP contribution is -2.30. The van der Waals surface area contributed by atoms with Crippen LogP contribution < -0.4 is 20.3 Å². The first-order chi connectivity index (χ1) is 16.5. The summed E-state index contributed by atoms with van der Waals surface area (Å²) in [5.41, 5.74) is 1.23. The second-order valence-corrected chi connectivity index (χ2v) is 7.74. The van der Waals surface area contributed by atoms with Gasteiger partial charge in [-0.15, -0.1) is 16.4 Å². The van der Waals surface area contributed by atoms with Crippen molar-refractivity contribution in [3.8, 4) is 22.8 Å². The third-order valence-corrected chi connectivity index (χ3v) is 5.46. The van der Waals surface area contributed by atoms with Crippen molar-refractivity contribution in [2.24, 2.45) is 0 Å². The fraction of sp³-hybridized carbons (Fsp3) is 0.182. The van der Waals surface area contributed by atoms with Crippen LogP contribution in [0.15, 0.2) is 52.6 Å². The Balaban J connectivity index is 1.35. The Morgan fingerprint density at radius 3 is 2.74 bits per heavy atom. The predicted octanol–water partition coefficient (Wildman–Crippen LogP) is 2.11. The number of nitrogens with zero attached hydrogens (tertiary/aromatic N) is 4. The highest BCUT2D eigenvalue weighted by atomic mass is 32.1. The van der Waals surface area contributed by atoms with Gasteiger partial charge < -0.3 is 14.2 Å². The molecule has 0 saturated heterocycles. The Hall–Kier alpha value is -4.32. The predicted molar refractivity (Wildman–Crippen MR) is 124 cm³/mol. The molecule has 0 unspecified atom stereocenters. The van der Waals surface area contributed by atoms with E-state index in [2.05, 4.69) is 20.6 Å². The summed E-state index contributed by atoms with van der Waals surface area (Å²) in [4.78, 5) is 41.1. The second-order valence-electron chi connectivity index (χ2n) is 6.88. The number of amides is 1. The summed E-state index contributed by atoms with van der Waals surface area (Å²) < 4.78 is 16.5. The van der Waals surface area contributed by atoms with Crippen molar-refractivity contribution in [1.29, 1.82) is 0 Å². The Morgan fingerprint density at radius 1 is 1.12 bits per heavy atom. The van der Waals surface area contributed by atoms with E-state index in [1.54, 1.807) is 62.1 Å². The van der Waals surface area contributed by atoms with E-state index >= 15 is 0 Å². The molecule has 34 heavy (non-hydrogen) atoms. The number of aromatic nitrogens is 4. The second kappa shape index (κ2) is 10.1. The minimum atomic E-state index is -0.803. The summed E-state index contributed by atoms with van der Waals surface area (Å²) in [5.74, 6) is -0.145. The summed E-state index contributed by atoms with van der Waals surface area (Å²) in [6.07, 6.45) is 0. The molecular formula is C22H19N5O6S. The third-order valence-electron chi connectivity index (χ3n) is 4.71. The maximum atomic E-state index is 12.4. The molecule has 2 heterocycles. The molecule has 4 rings (SSSR count). The molecule has 0 saturated carbocycles. The SMILES string of the molecule is COc1ccc(OC)c(-c2csc(NC(=O)COC(=O)Cn3nnc4ccccc4c3=O)n2)c1. The molecule has 11 nitrogen and oxygen atoms in total. The molecule has 0 radical (unpaired) electrons. The van der Waals surface area contributed by atoms with Crippen molar-refractivity contribution in [3.05, 3.63) is 58.2 Å². The maximum Gasteiger partial charge on any atom is 0.328 e. The van der Waals surface area contributed by atoms with E-state index < -0.39 is 30.6 Å². The molecule has 1 amide bonds. The highest BCUT2D eigenvalue weighted by Crippen LogP contribution is 2.34.